The van der Waals surface area contributed by atoms with Gasteiger partial charge in [-0.05, 0) is 54.0 Å². The number of hydrogen-bond donors (Lipinski definition) is 0. The second kappa shape index (κ2) is 6.44. The van der Waals surface area contributed by atoms with Gasteiger partial charge in [-0.15, -0.1) is 5.10 Å². The van der Waals surface area contributed by atoms with Crippen LogP contribution in [0.25, 0.3) is 17.2 Å². The number of hydrogen-bond acceptors (Lipinski definition) is 6. The maximum Gasteiger partial charge on any atom is 0.252 e. The van der Waals surface area contributed by atoms with Crippen LogP contribution in [0.1, 0.15) is 49.6 Å². The average molecular weight is 431 g/mol. The lowest BCUT2D eigenvalue weighted by atomic mass is 9.66. The van der Waals surface area contributed by atoms with Crippen molar-refractivity contribution in [3.63, 3.8) is 0 Å². The molecule has 3 heterocycles. The van der Waals surface area contributed by atoms with E-state index >= 15 is 0 Å². The van der Waals surface area contributed by atoms with Crippen LogP contribution < -0.4 is 0 Å². The number of halogens is 2. The van der Waals surface area contributed by atoms with Gasteiger partial charge in [0.2, 0.25) is 0 Å². The maximum absolute atomic E-state index is 14.4. The van der Waals surface area contributed by atoms with Crippen molar-refractivity contribution >= 4 is 0 Å². The normalized spacial score (nSPS) is 22.8. The van der Waals surface area contributed by atoms with Crippen LogP contribution in [0.3, 0.4) is 0 Å². The first-order chi connectivity index (χ1) is 15.4. The summed E-state index contributed by atoms with van der Waals surface area (Å²) in [6.45, 7) is 4.40. The lowest BCUT2D eigenvalue weighted by molar-refractivity contribution is 0.242. The van der Waals surface area contributed by atoms with E-state index in [4.69, 9.17) is 4.98 Å². The molecule has 2 aliphatic rings. The highest BCUT2D eigenvalue weighted by molar-refractivity contribution is 5.64. The average Bonchev–Trinajstić information content (AvgIpc) is 3.45. The Morgan fingerprint density at radius 3 is 2.66 bits per heavy atom. The quantitative estimate of drug-likeness (QED) is 0.488. The molecule has 9 heteroatoms. The summed E-state index contributed by atoms with van der Waals surface area (Å²) in [5.74, 6) is -0.694. The molecule has 0 spiro atoms. The highest BCUT2D eigenvalue weighted by Gasteiger charge is 2.65. The number of nitrogens with zero attached hydrogens (tertiary/aromatic N) is 7. The fourth-order valence-electron chi connectivity index (χ4n) is 5.76. The van der Waals surface area contributed by atoms with Crippen LogP contribution in [-0.2, 0) is 5.41 Å². The molecule has 0 aliphatic heterocycles. The van der Waals surface area contributed by atoms with Crippen molar-refractivity contribution in [2.75, 3.05) is 0 Å². The molecule has 3 aromatic heterocycles. The van der Waals surface area contributed by atoms with Crippen molar-refractivity contribution in [2.45, 2.75) is 38.0 Å². The molecule has 2 bridgehead atoms. The topological polar surface area (TPSA) is 82.3 Å². The second-order valence-corrected chi connectivity index (χ2v) is 8.93. The van der Waals surface area contributed by atoms with E-state index in [1.54, 1.807) is 18.6 Å². The molecular weight excluding hydrogens is 412 g/mol. The Kier molecular flexibility index (Phi) is 3.84. The van der Waals surface area contributed by atoms with Crippen molar-refractivity contribution in [3.05, 3.63) is 77.8 Å². The molecule has 1 saturated carbocycles. The molecule has 1 fully saturated rings. The van der Waals surface area contributed by atoms with Crippen molar-refractivity contribution in [3.8, 4) is 17.2 Å². The molecule has 32 heavy (non-hydrogen) atoms. The van der Waals surface area contributed by atoms with Gasteiger partial charge in [-0.3, -0.25) is 0 Å². The van der Waals surface area contributed by atoms with E-state index in [2.05, 4.69) is 39.1 Å². The minimum atomic E-state index is -0.648. The van der Waals surface area contributed by atoms with Crippen molar-refractivity contribution < 1.29 is 8.78 Å². The van der Waals surface area contributed by atoms with Crippen molar-refractivity contribution in [2.24, 2.45) is 5.41 Å². The Morgan fingerprint density at radius 1 is 1.09 bits per heavy atom. The highest BCUT2D eigenvalue weighted by atomic mass is 19.1. The largest absolute Gasteiger partial charge is 0.252 e. The summed E-state index contributed by atoms with van der Waals surface area (Å²) < 4.78 is 30.3. The third-order valence-electron chi connectivity index (χ3n) is 7.30. The van der Waals surface area contributed by atoms with Gasteiger partial charge in [0.15, 0.2) is 0 Å². The van der Waals surface area contributed by atoms with Crippen LogP contribution in [0.15, 0.2) is 49.2 Å². The van der Waals surface area contributed by atoms with Gasteiger partial charge in [-0.25, -0.2) is 23.7 Å². The van der Waals surface area contributed by atoms with Crippen LogP contribution in [0.5, 0.6) is 0 Å². The molecule has 0 radical (unpaired) electrons. The van der Waals surface area contributed by atoms with E-state index in [0.29, 0.717) is 5.95 Å². The molecule has 7 nitrogen and oxygen atoms in total. The van der Waals surface area contributed by atoms with Gasteiger partial charge < -0.3 is 0 Å². The zero-order valence-electron chi connectivity index (χ0n) is 17.5. The lowest BCUT2D eigenvalue weighted by Gasteiger charge is -2.37. The molecule has 1 aromatic carbocycles. The molecule has 4 aromatic rings. The first kappa shape index (κ1) is 19.1. The standard InChI is InChI=1S/C23H19F2N7/c1-22(2)14-6-8-23(22,18-7-9-27-21(29-18)32-12-26-11-28-32)20-13(14)10-17(30-31-20)19-15(24)4-3-5-16(19)25/h3-5,7,9-12,14H,6,8H2,1-2H3/t14-,23-/m0/s1. The Labute approximate surface area is 182 Å². The van der Waals surface area contributed by atoms with Crippen LogP contribution in [0.2, 0.25) is 0 Å². The summed E-state index contributed by atoms with van der Waals surface area (Å²) in [6.07, 6.45) is 6.48. The fourth-order valence-corrected chi connectivity index (χ4v) is 5.76. The molecular formula is C23H19F2N7. The van der Waals surface area contributed by atoms with Gasteiger partial charge in [-0.2, -0.15) is 14.9 Å². The SMILES string of the molecule is CC1(C)[C@H]2CC[C@]1(c1ccnc(-n3cncn3)n1)c1nnc(-c3c(F)cccc3F)cc12. The predicted octanol–water partition coefficient (Wildman–Crippen LogP) is 4.00. The van der Waals surface area contributed by atoms with Crippen molar-refractivity contribution in [1.82, 2.24) is 34.9 Å². The Hall–Kier alpha value is -3.62. The zero-order valence-corrected chi connectivity index (χ0v) is 17.5. The zero-order chi connectivity index (χ0) is 22.1. The monoisotopic (exact) mass is 431 g/mol. The molecule has 160 valence electrons. The number of aromatic nitrogens is 7. The molecule has 0 saturated heterocycles. The van der Waals surface area contributed by atoms with E-state index in [0.717, 1.165) is 29.8 Å². The Bertz CT molecular complexity index is 1330. The van der Waals surface area contributed by atoms with E-state index in [9.17, 15) is 8.78 Å². The number of fused-ring (bicyclic) bond motifs is 5. The lowest BCUT2D eigenvalue weighted by Crippen LogP contribution is -2.38. The maximum atomic E-state index is 14.4. The second-order valence-electron chi connectivity index (χ2n) is 8.93. The molecule has 0 unspecified atom stereocenters. The third kappa shape index (κ3) is 2.33. The minimum absolute atomic E-state index is 0.145. The van der Waals surface area contributed by atoms with Gasteiger partial charge in [0, 0.05) is 6.20 Å². The Balaban J connectivity index is 1.54. The molecule has 2 atom stereocenters. The Morgan fingerprint density at radius 2 is 1.91 bits per heavy atom. The third-order valence-corrected chi connectivity index (χ3v) is 7.30. The molecule has 0 amide bonds. The van der Waals surface area contributed by atoms with E-state index < -0.39 is 17.0 Å². The molecule has 0 N–H and O–H groups in total. The van der Waals surface area contributed by atoms with Gasteiger partial charge in [0.25, 0.3) is 5.95 Å². The first-order valence-electron chi connectivity index (χ1n) is 10.4. The number of rotatable bonds is 3. The summed E-state index contributed by atoms with van der Waals surface area (Å²) >= 11 is 0. The predicted molar refractivity (Wildman–Crippen MR) is 111 cm³/mol. The smallest absolute Gasteiger partial charge is 0.223 e. The van der Waals surface area contributed by atoms with Crippen LogP contribution in [0.4, 0.5) is 8.78 Å². The molecule has 6 rings (SSSR count). The summed E-state index contributed by atoms with van der Waals surface area (Å²) in [4.78, 5) is 13.1. The van der Waals surface area contributed by atoms with Crippen molar-refractivity contribution in [1.29, 1.82) is 0 Å². The summed E-state index contributed by atoms with van der Waals surface area (Å²) in [6, 6.07) is 7.52. The van der Waals surface area contributed by atoms with E-state index in [-0.39, 0.29) is 22.6 Å². The summed E-state index contributed by atoms with van der Waals surface area (Å²) in [5.41, 5.74) is 2.01. The first-order valence-corrected chi connectivity index (χ1v) is 10.4. The van der Waals surface area contributed by atoms with Gasteiger partial charge in [0.1, 0.15) is 24.3 Å². The van der Waals surface area contributed by atoms with Gasteiger partial charge in [0.05, 0.1) is 28.1 Å². The summed E-state index contributed by atoms with van der Waals surface area (Å²) in [7, 11) is 0. The summed E-state index contributed by atoms with van der Waals surface area (Å²) in [5, 5.41) is 13.0. The van der Waals surface area contributed by atoms with E-state index in [1.807, 2.05) is 6.07 Å². The highest BCUT2D eigenvalue weighted by Crippen LogP contribution is 2.69. The fraction of sp³-hybridized carbons (Fsp3) is 0.304. The van der Waals surface area contributed by atoms with Gasteiger partial charge >= 0.3 is 0 Å². The van der Waals surface area contributed by atoms with Crippen LogP contribution >= 0.6 is 0 Å². The van der Waals surface area contributed by atoms with Crippen LogP contribution in [0, 0.1) is 17.0 Å². The molecule has 2 aliphatic carbocycles. The van der Waals surface area contributed by atoms with Crippen LogP contribution in [-0.4, -0.2) is 34.9 Å². The van der Waals surface area contributed by atoms with Gasteiger partial charge in [-0.1, -0.05) is 19.9 Å². The van der Waals surface area contributed by atoms with E-state index in [1.165, 1.54) is 29.2 Å². The minimum Gasteiger partial charge on any atom is -0.223 e. The number of benzene rings is 1.